The third kappa shape index (κ3) is 20.3. The molecule has 0 radical (unpaired) electrons. The molecule has 10 N–H and O–H groups in total. The molecule has 4 heterocycles. The zero-order valence-corrected chi connectivity index (χ0v) is 47.6. The van der Waals surface area contributed by atoms with Crippen LogP contribution in [0.5, 0.6) is 0 Å². The topological polar surface area (TPSA) is 355 Å². The molecular weight excluding hydrogens is 1090 g/mol. The van der Waals surface area contributed by atoms with Crippen molar-refractivity contribution in [1.82, 2.24) is 20.4 Å². The summed E-state index contributed by atoms with van der Waals surface area (Å²) in [6.07, 6.45) is -0.910. The van der Waals surface area contributed by atoms with E-state index < -0.39 is 59.9 Å². The van der Waals surface area contributed by atoms with E-state index in [9.17, 15) is 38.4 Å². The van der Waals surface area contributed by atoms with Gasteiger partial charge in [0, 0.05) is 74.6 Å². The van der Waals surface area contributed by atoms with E-state index in [1.165, 1.54) is 14.2 Å². The second-order valence-electron chi connectivity index (χ2n) is 17.5. The average Bonchev–Trinajstić information content (AvgIpc) is 4.04. The first-order valence-electron chi connectivity index (χ1n) is 25.3. The summed E-state index contributed by atoms with van der Waals surface area (Å²) in [4.78, 5) is 95.0. The van der Waals surface area contributed by atoms with E-state index >= 15 is 0 Å². The number of carbonyl (C=O) groups excluding carboxylic acids is 6. The number of rotatable bonds is 19. The van der Waals surface area contributed by atoms with E-state index in [1.54, 1.807) is 86.0 Å². The largest absolute Gasteiger partial charge is 0.479 e. The molecule has 80 heavy (non-hydrogen) atoms. The molecule has 0 aromatic heterocycles. The van der Waals surface area contributed by atoms with Crippen LogP contribution in [-0.4, -0.2) is 184 Å². The van der Waals surface area contributed by atoms with Crippen LogP contribution >= 0.6 is 23.2 Å². The molecule has 26 heteroatoms. The molecule has 442 valence electrons. The number of aliphatic hydroxyl groups is 2. The number of aliphatic hydroxyl groups excluding tert-OH is 2. The summed E-state index contributed by atoms with van der Waals surface area (Å²) in [5.41, 5.74) is 15.4. The van der Waals surface area contributed by atoms with Crippen LogP contribution in [0.2, 0.25) is 10.0 Å². The molecule has 24 nitrogen and oxygen atoms in total. The molecule has 0 aliphatic carbocycles. The van der Waals surface area contributed by atoms with Gasteiger partial charge in [0.25, 0.3) is 0 Å². The summed E-state index contributed by atoms with van der Waals surface area (Å²) < 4.78 is 31.6. The number of hydrogen-bond acceptors (Lipinski definition) is 20. The van der Waals surface area contributed by atoms with Gasteiger partial charge in [0.15, 0.2) is 12.2 Å². The Morgan fingerprint density at radius 1 is 0.613 bits per heavy atom. The van der Waals surface area contributed by atoms with Gasteiger partial charge in [-0.15, -0.1) is 0 Å². The first kappa shape index (κ1) is 69.2. The van der Waals surface area contributed by atoms with Gasteiger partial charge in [0.05, 0.1) is 99.4 Å². The number of nitrogens with two attached hydrogens (primary N) is 2. The summed E-state index contributed by atoms with van der Waals surface area (Å²) in [5.74, 6) is -6.68. The quantitative estimate of drug-likeness (QED) is 0.0569. The lowest BCUT2D eigenvalue weighted by Crippen LogP contribution is -2.39. The van der Waals surface area contributed by atoms with Gasteiger partial charge in [-0.25, -0.2) is 28.8 Å². The van der Waals surface area contributed by atoms with E-state index in [-0.39, 0.29) is 37.6 Å². The smallest absolute Gasteiger partial charge is 0.336 e. The molecule has 2 fully saturated rings. The molecule has 0 saturated carbocycles. The number of nitrogens with zero attached hydrogens (tertiary/aromatic N) is 2. The summed E-state index contributed by atoms with van der Waals surface area (Å²) in [6.45, 7) is 10.7. The zero-order valence-electron chi connectivity index (χ0n) is 46.1. The Morgan fingerprint density at radius 3 is 1.19 bits per heavy atom. The maximum absolute atomic E-state index is 12.9. The Labute approximate surface area is 474 Å². The molecule has 2 unspecified atom stereocenters. The highest BCUT2D eigenvalue weighted by molar-refractivity contribution is 6.32. The zero-order chi connectivity index (χ0) is 60.2. The second kappa shape index (κ2) is 35.7. The molecule has 4 atom stereocenters. The van der Waals surface area contributed by atoms with Crippen LogP contribution in [-0.2, 0) is 66.8 Å². The minimum absolute atomic E-state index is 0.109. The van der Waals surface area contributed by atoms with Crippen molar-refractivity contribution in [1.29, 1.82) is 0 Å². The number of carboxylic acids is 2. The molecule has 2 aromatic carbocycles. The van der Waals surface area contributed by atoms with Gasteiger partial charge in [-0.05, 0) is 63.8 Å². The third-order valence-corrected chi connectivity index (χ3v) is 12.7. The Morgan fingerprint density at radius 2 is 0.950 bits per heavy atom. The monoisotopic (exact) mass is 1160 g/mol. The molecule has 4 aliphatic heterocycles. The van der Waals surface area contributed by atoms with Crippen molar-refractivity contribution in [2.24, 2.45) is 11.5 Å². The molecule has 2 aromatic rings. The van der Waals surface area contributed by atoms with Crippen LogP contribution < -0.4 is 22.1 Å². The number of hydrogen-bond donors (Lipinski definition) is 8. The lowest BCUT2D eigenvalue weighted by Gasteiger charge is -2.31. The molecular formula is C54H74Cl2N6O18. The molecule has 2 amide bonds. The van der Waals surface area contributed by atoms with Gasteiger partial charge in [-0.2, -0.15) is 0 Å². The number of aliphatic carboxylic acids is 2. The van der Waals surface area contributed by atoms with Crippen molar-refractivity contribution in [3.8, 4) is 0 Å². The molecule has 4 aliphatic rings. The number of carboxylic acid groups (broad SMARTS) is 2. The number of amides is 2. The van der Waals surface area contributed by atoms with Crippen molar-refractivity contribution in [3.63, 3.8) is 0 Å². The van der Waals surface area contributed by atoms with Crippen LogP contribution in [0.1, 0.15) is 76.3 Å². The van der Waals surface area contributed by atoms with Crippen molar-refractivity contribution in [3.05, 3.63) is 115 Å². The maximum atomic E-state index is 12.9. The predicted octanol–water partition coefficient (Wildman–Crippen LogP) is 2.89. The fourth-order valence-electron chi connectivity index (χ4n) is 8.07. The number of methoxy groups -OCH3 is 2. The van der Waals surface area contributed by atoms with E-state index in [0.717, 1.165) is 38.8 Å². The highest BCUT2D eigenvalue weighted by Gasteiger charge is 2.41. The number of dihydropyridines is 2. The van der Waals surface area contributed by atoms with Crippen LogP contribution in [0.4, 0.5) is 0 Å². The Kier molecular flexibility index (Phi) is 30.8. The standard InChI is InChI=1S/2C20H25ClN2O5.2C5H9NO.C4H6O6/c2*1-4-28-20(25)18-15(11-27-10-9-22)23-12(2)16(19(24)26-3)17(18)13-7-5-6-8-14(13)21;2*1-6-4-2-3-5(6)7;5-1(3(7)8)2(6)4(9)10/h2*5-8,17,23H,4,9-11,22H2,1-3H3;2*2-4H2,1H3;1-2,5-6H,(H,7,8)(H,9,10)/t;;;;1-,2-/m....0/s1. The van der Waals surface area contributed by atoms with Gasteiger partial charge in [0.2, 0.25) is 11.8 Å². The van der Waals surface area contributed by atoms with Gasteiger partial charge in [-0.3, -0.25) is 9.59 Å². The number of esters is 4. The van der Waals surface area contributed by atoms with E-state index in [4.69, 9.17) is 83.5 Å². The van der Waals surface area contributed by atoms with Gasteiger partial charge < -0.3 is 80.7 Å². The second-order valence-corrected chi connectivity index (χ2v) is 18.3. The summed E-state index contributed by atoms with van der Waals surface area (Å²) >= 11 is 12.8. The van der Waals surface area contributed by atoms with E-state index in [1.807, 2.05) is 14.1 Å². The van der Waals surface area contributed by atoms with Crippen molar-refractivity contribution < 1.29 is 87.2 Å². The fourth-order valence-corrected chi connectivity index (χ4v) is 8.56. The average molecular weight is 1170 g/mol. The lowest BCUT2D eigenvalue weighted by atomic mass is 9.80. The molecule has 0 spiro atoms. The number of nitrogens with one attached hydrogen (secondary N) is 2. The summed E-state index contributed by atoms with van der Waals surface area (Å²) in [6, 6.07) is 14.1. The van der Waals surface area contributed by atoms with Gasteiger partial charge >= 0.3 is 35.8 Å². The highest BCUT2D eigenvalue weighted by atomic mass is 35.5. The number of likely N-dealkylation sites (tertiary alicyclic amines) is 2. The van der Waals surface area contributed by atoms with Crippen LogP contribution in [0, 0.1) is 0 Å². The van der Waals surface area contributed by atoms with E-state index in [2.05, 4.69) is 10.6 Å². The first-order valence-corrected chi connectivity index (χ1v) is 26.0. The maximum Gasteiger partial charge on any atom is 0.336 e. The summed E-state index contributed by atoms with van der Waals surface area (Å²) in [5, 5.41) is 39.6. The Balaban J connectivity index is 0.000000388. The van der Waals surface area contributed by atoms with Gasteiger partial charge in [0.1, 0.15) is 0 Å². The number of benzene rings is 2. The van der Waals surface area contributed by atoms with Crippen LogP contribution in [0.15, 0.2) is 93.6 Å². The number of ether oxygens (including phenoxy) is 6. The minimum Gasteiger partial charge on any atom is -0.479 e. The summed E-state index contributed by atoms with van der Waals surface area (Å²) in [7, 11) is 6.27. The van der Waals surface area contributed by atoms with E-state index in [0.29, 0.717) is 93.2 Å². The molecule has 6 rings (SSSR count). The number of halogens is 2. The fraction of sp³-hybridized carbons (Fsp3) is 0.481. The van der Waals surface area contributed by atoms with Crippen molar-refractivity contribution in [2.45, 2.75) is 77.4 Å². The normalized spacial score (nSPS) is 17.4. The van der Waals surface area contributed by atoms with Crippen molar-refractivity contribution in [2.75, 3.05) is 94.1 Å². The van der Waals surface area contributed by atoms with Crippen molar-refractivity contribution >= 4 is 70.8 Å². The Bertz CT molecular complexity index is 2450. The number of allylic oxidation sites excluding steroid dienone is 2. The molecule has 2 saturated heterocycles. The minimum atomic E-state index is -2.27. The SMILES string of the molecule is CCOC(=O)C1=C(COCCN)NC(C)=C(C(=O)OC)C1c1ccccc1Cl.CCOC(=O)C1=C(COCCN)NC(C)=C(C(=O)OC)C1c1ccccc1Cl.CN1CCCC1=O.CN1CCCC1=O.O=C(O)[C@@H](O)[C@H](O)C(=O)O. The van der Waals surface area contributed by atoms with Crippen LogP contribution in [0.3, 0.4) is 0 Å². The van der Waals surface area contributed by atoms with Gasteiger partial charge in [-0.1, -0.05) is 59.6 Å². The number of carbonyl (C=O) groups is 8. The first-order chi connectivity index (χ1) is 38.0. The Hall–Kier alpha value is -6.90. The lowest BCUT2D eigenvalue weighted by molar-refractivity contribution is -0.165. The predicted molar refractivity (Wildman–Crippen MR) is 292 cm³/mol. The highest BCUT2D eigenvalue weighted by Crippen LogP contribution is 2.43. The van der Waals surface area contributed by atoms with Crippen LogP contribution in [0.25, 0.3) is 0 Å². The molecule has 0 bridgehead atoms. The third-order valence-electron chi connectivity index (χ3n) is 12.0.